The predicted octanol–water partition coefficient (Wildman–Crippen LogP) is 1.83. The molecule has 0 N–H and O–H groups in total. The molecule has 2 nitrogen and oxygen atoms in total. The van der Waals surface area contributed by atoms with Crippen LogP contribution in [0, 0.1) is 0 Å². The summed E-state index contributed by atoms with van der Waals surface area (Å²) in [6.07, 6.45) is 0.435. The number of hydrogen-bond acceptors (Lipinski definition) is 2. The van der Waals surface area contributed by atoms with Crippen molar-refractivity contribution in [2.75, 3.05) is 13.2 Å². The highest BCUT2D eigenvalue weighted by Gasteiger charge is 2.40. The molecule has 0 radical (unpaired) electrons. The largest absolute Gasteiger partial charge is 0.368 e. The predicted molar refractivity (Wildman–Crippen MR) is 43.8 cm³/mol. The van der Waals surface area contributed by atoms with Crippen LogP contribution >= 0.6 is 0 Å². The summed E-state index contributed by atoms with van der Waals surface area (Å²) in [6, 6.07) is 8.33. The van der Waals surface area contributed by atoms with Crippen LogP contribution in [0.2, 0.25) is 0 Å². The minimum Gasteiger partial charge on any atom is -0.368 e. The van der Waals surface area contributed by atoms with E-state index in [1.54, 1.807) is 0 Å². The molecular weight excluding hydrogens is 152 g/mol. The molecule has 2 aliphatic rings. The fraction of sp³-hybridized carbons (Fsp3) is 0.400. The van der Waals surface area contributed by atoms with Gasteiger partial charge in [-0.15, -0.1) is 0 Å². The third-order valence-corrected chi connectivity index (χ3v) is 2.56. The summed E-state index contributed by atoms with van der Waals surface area (Å²) in [6.45, 7) is 1.46. The molecule has 2 heteroatoms. The molecule has 1 aromatic carbocycles. The second-order valence-electron chi connectivity index (χ2n) is 3.21. The van der Waals surface area contributed by atoms with Gasteiger partial charge in [-0.3, -0.25) is 0 Å². The molecule has 1 aliphatic heterocycles. The Kier molecular flexibility index (Phi) is 1.28. The van der Waals surface area contributed by atoms with Crippen LogP contribution < -0.4 is 0 Å². The van der Waals surface area contributed by atoms with Crippen LogP contribution in [0.4, 0.5) is 0 Å². The molecule has 0 aromatic heterocycles. The van der Waals surface area contributed by atoms with Crippen LogP contribution in [-0.4, -0.2) is 13.2 Å². The highest BCUT2D eigenvalue weighted by atomic mass is 16.6. The molecule has 0 amide bonds. The highest BCUT2D eigenvalue weighted by molar-refractivity contribution is 5.41. The van der Waals surface area contributed by atoms with Crippen molar-refractivity contribution in [3.05, 3.63) is 35.4 Å². The van der Waals surface area contributed by atoms with Crippen LogP contribution in [0.25, 0.3) is 0 Å². The number of rotatable bonds is 0. The van der Waals surface area contributed by atoms with E-state index in [0.717, 1.165) is 13.2 Å². The van der Waals surface area contributed by atoms with Gasteiger partial charge in [-0.2, -0.15) is 0 Å². The first-order valence-corrected chi connectivity index (χ1v) is 4.29. The average molecular weight is 162 g/mol. The van der Waals surface area contributed by atoms with Crippen LogP contribution in [0.5, 0.6) is 0 Å². The molecule has 1 saturated heterocycles. The molecule has 3 rings (SSSR count). The molecule has 2 unspecified atom stereocenters. The third kappa shape index (κ3) is 0.713. The molecule has 1 fully saturated rings. The Bertz CT molecular complexity index is 277. The van der Waals surface area contributed by atoms with Crippen LogP contribution in [0.3, 0.4) is 0 Å². The minimum absolute atomic E-state index is 0.218. The van der Waals surface area contributed by atoms with Crippen molar-refractivity contribution >= 4 is 0 Å². The Balaban J connectivity index is 2.03. The fourth-order valence-electron chi connectivity index (χ4n) is 1.96. The van der Waals surface area contributed by atoms with Gasteiger partial charge in [0.25, 0.3) is 0 Å². The monoisotopic (exact) mass is 162 g/mol. The molecule has 12 heavy (non-hydrogen) atoms. The number of fused-ring (bicyclic) bond motifs is 4. The maximum atomic E-state index is 5.58. The second-order valence-corrected chi connectivity index (χ2v) is 3.21. The first-order chi connectivity index (χ1) is 5.97. The van der Waals surface area contributed by atoms with Gasteiger partial charge in [-0.1, -0.05) is 24.3 Å². The molecule has 2 atom stereocenters. The van der Waals surface area contributed by atoms with Crippen molar-refractivity contribution in [2.24, 2.45) is 0 Å². The van der Waals surface area contributed by atoms with Crippen LogP contribution in [0.15, 0.2) is 24.3 Å². The summed E-state index contributed by atoms with van der Waals surface area (Å²) < 4.78 is 11.2. The van der Waals surface area contributed by atoms with Gasteiger partial charge in [0.15, 0.2) is 0 Å². The zero-order valence-electron chi connectivity index (χ0n) is 6.69. The smallest absolute Gasteiger partial charge is 0.113 e. The molecular formula is C10H10O2. The number of benzene rings is 1. The summed E-state index contributed by atoms with van der Waals surface area (Å²) in [5.74, 6) is 0. The molecule has 0 bridgehead atoms. The Morgan fingerprint density at radius 3 is 1.92 bits per heavy atom. The van der Waals surface area contributed by atoms with E-state index in [1.807, 2.05) is 12.1 Å². The second kappa shape index (κ2) is 2.31. The molecule has 0 spiro atoms. The van der Waals surface area contributed by atoms with Crippen molar-refractivity contribution in [3.8, 4) is 0 Å². The van der Waals surface area contributed by atoms with Gasteiger partial charge in [-0.05, 0) is 11.1 Å². The normalized spacial score (nSPS) is 31.7. The van der Waals surface area contributed by atoms with E-state index < -0.39 is 0 Å². The Labute approximate surface area is 71.1 Å². The van der Waals surface area contributed by atoms with Gasteiger partial charge >= 0.3 is 0 Å². The lowest BCUT2D eigenvalue weighted by Crippen LogP contribution is -2.34. The lowest BCUT2D eigenvalue weighted by Gasteiger charge is -2.42. The van der Waals surface area contributed by atoms with Gasteiger partial charge in [-0.25, -0.2) is 0 Å². The van der Waals surface area contributed by atoms with E-state index in [9.17, 15) is 0 Å². The number of hydrogen-bond donors (Lipinski definition) is 0. The zero-order valence-corrected chi connectivity index (χ0v) is 6.69. The standard InChI is InChI=1S/C10H10O2/c1-2-4-8-7(3-1)9-10(8)12-6-5-11-9/h1-4,9-10H,5-6H2. The molecule has 1 heterocycles. The molecule has 0 saturated carbocycles. The maximum Gasteiger partial charge on any atom is 0.113 e. The van der Waals surface area contributed by atoms with Crippen molar-refractivity contribution < 1.29 is 9.47 Å². The van der Waals surface area contributed by atoms with E-state index in [4.69, 9.17) is 9.47 Å². The van der Waals surface area contributed by atoms with Crippen molar-refractivity contribution in [1.82, 2.24) is 0 Å². The first-order valence-electron chi connectivity index (χ1n) is 4.29. The third-order valence-electron chi connectivity index (χ3n) is 2.56. The van der Waals surface area contributed by atoms with E-state index in [-0.39, 0.29) is 12.2 Å². The average Bonchev–Trinajstić information content (AvgIpc) is 2.14. The summed E-state index contributed by atoms with van der Waals surface area (Å²) in [5, 5.41) is 0. The van der Waals surface area contributed by atoms with Crippen LogP contribution in [0.1, 0.15) is 23.3 Å². The van der Waals surface area contributed by atoms with E-state index in [0.29, 0.717) is 0 Å². The lowest BCUT2D eigenvalue weighted by molar-refractivity contribution is -0.165. The van der Waals surface area contributed by atoms with Crippen LogP contribution in [-0.2, 0) is 9.47 Å². The van der Waals surface area contributed by atoms with Gasteiger partial charge in [0, 0.05) is 0 Å². The zero-order chi connectivity index (χ0) is 7.97. The Morgan fingerprint density at radius 2 is 1.42 bits per heavy atom. The molecule has 1 aromatic rings. The summed E-state index contributed by atoms with van der Waals surface area (Å²) in [4.78, 5) is 0. The molecule has 62 valence electrons. The fourth-order valence-corrected chi connectivity index (χ4v) is 1.96. The van der Waals surface area contributed by atoms with Crippen molar-refractivity contribution in [1.29, 1.82) is 0 Å². The summed E-state index contributed by atoms with van der Waals surface area (Å²) in [7, 11) is 0. The maximum absolute atomic E-state index is 5.58. The van der Waals surface area contributed by atoms with Crippen molar-refractivity contribution in [3.63, 3.8) is 0 Å². The minimum atomic E-state index is 0.218. The van der Waals surface area contributed by atoms with Gasteiger partial charge in [0.2, 0.25) is 0 Å². The number of ether oxygens (including phenoxy) is 2. The van der Waals surface area contributed by atoms with Gasteiger partial charge < -0.3 is 9.47 Å². The summed E-state index contributed by atoms with van der Waals surface area (Å²) in [5.41, 5.74) is 2.62. The Morgan fingerprint density at radius 1 is 0.917 bits per heavy atom. The van der Waals surface area contributed by atoms with Crippen molar-refractivity contribution in [2.45, 2.75) is 12.2 Å². The van der Waals surface area contributed by atoms with E-state index >= 15 is 0 Å². The van der Waals surface area contributed by atoms with E-state index in [1.165, 1.54) is 11.1 Å². The topological polar surface area (TPSA) is 18.5 Å². The van der Waals surface area contributed by atoms with Gasteiger partial charge in [0.05, 0.1) is 13.2 Å². The van der Waals surface area contributed by atoms with E-state index in [2.05, 4.69) is 12.1 Å². The Hall–Kier alpha value is -0.860. The lowest BCUT2D eigenvalue weighted by atomic mass is 9.82. The highest BCUT2D eigenvalue weighted by Crippen LogP contribution is 2.49. The van der Waals surface area contributed by atoms with Gasteiger partial charge in [0.1, 0.15) is 12.2 Å². The summed E-state index contributed by atoms with van der Waals surface area (Å²) >= 11 is 0. The SMILES string of the molecule is c1ccc2c(c1)C1OCCOC21. The first kappa shape index (κ1) is 6.63. The quantitative estimate of drug-likeness (QED) is 0.579. The molecule has 1 aliphatic carbocycles.